The molecule has 24 heavy (non-hydrogen) atoms. The standard InChI is InChI=1S/C16H10ClF3N2O2/c17-13-7-10(8-21)1-6-14(13)24-9-15(23)22-12-4-2-11(3-5-12)16(18,19)20/h1-7H,9H2,(H,22,23). The number of hydrogen-bond donors (Lipinski definition) is 1. The van der Waals surface area contributed by atoms with Gasteiger partial charge in [0.2, 0.25) is 0 Å². The van der Waals surface area contributed by atoms with Crippen LogP contribution in [-0.2, 0) is 11.0 Å². The van der Waals surface area contributed by atoms with Gasteiger partial charge in [0.05, 0.1) is 22.2 Å². The Bertz CT molecular complexity index is 783. The lowest BCUT2D eigenvalue weighted by atomic mass is 10.2. The second-order valence-corrected chi connectivity index (χ2v) is 5.08. The van der Waals surface area contributed by atoms with Gasteiger partial charge in [0.15, 0.2) is 6.61 Å². The van der Waals surface area contributed by atoms with E-state index in [1.807, 2.05) is 6.07 Å². The molecule has 2 aromatic rings. The summed E-state index contributed by atoms with van der Waals surface area (Å²) in [6.45, 7) is -0.382. The molecule has 0 aliphatic rings. The Morgan fingerprint density at radius 2 is 1.88 bits per heavy atom. The summed E-state index contributed by atoms with van der Waals surface area (Å²) in [7, 11) is 0. The van der Waals surface area contributed by atoms with Gasteiger partial charge in [-0.2, -0.15) is 18.4 Å². The number of carbonyl (C=O) groups is 1. The number of rotatable bonds is 4. The molecule has 0 spiro atoms. The number of alkyl halides is 3. The van der Waals surface area contributed by atoms with Crippen LogP contribution in [0, 0.1) is 11.3 Å². The van der Waals surface area contributed by atoms with Crippen LogP contribution in [0.15, 0.2) is 42.5 Å². The monoisotopic (exact) mass is 354 g/mol. The molecule has 0 radical (unpaired) electrons. The third kappa shape index (κ3) is 4.64. The maximum atomic E-state index is 12.4. The molecule has 2 rings (SSSR count). The third-order valence-corrected chi connectivity index (χ3v) is 3.21. The van der Waals surface area contributed by atoms with Crippen LogP contribution < -0.4 is 10.1 Å². The van der Waals surface area contributed by atoms with E-state index in [-0.39, 0.29) is 23.1 Å². The van der Waals surface area contributed by atoms with Crippen LogP contribution in [0.25, 0.3) is 0 Å². The van der Waals surface area contributed by atoms with E-state index in [2.05, 4.69) is 5.32 Å². The van der Waals surface area contributed by atoms with Gasteiger partial charge in [-0.3, -0.25) is 4.79 Å². The number of amides is 1. The highest BCUT2D eigenvalue weighted by molar-refractivity contribution is 6.32. The third-order valence-electron chi connectivity index (χ3n) is 2.92. The van der Waals surface area contributed by atoms with Gasteiger partial charge >= 0.3 is 6.18 Å². The molecule has 0 saturated carbocycles. The summed E-state index contributed by atoms with van der Waals surface area (Å²) in [4.78, 5) is 11.7. The Morgan fingerprint density at radius 3 is 2.42 bits per heavy atom. The van der Waals surface area contributed by atoms with Crippen molar-refractivity contribution in [1.82, 2.24) is 0 Å². The van der Waals surface area contributed by atoms with Crippen LogP contribution in [-0.4, -0.2) is 12.5 Å². The van der Waals surface area contributed by atoms with E-state index in [1.165, 1.54) is 18.2 Å². The summed E-state index contributed by atoms with van der Waals surface area (Å²) >= 11 is 5.90. The van der Waals surface area contributed by atoms with Gasteiger partial charge in [0.1, 0.15) is 5.75 Å². The fraction of sp³-hybridized carbons (Fsp3) is 0.125. The molecule has 0 aromatic heterocycles. The Balaban J connectivity index is 1.93. The number of nitrogens with one attached hydrogen (secondary N) is 1. The molecule has 0 unspecified atom stereocenters. The average Bonchev–Trinajstić information content (AvgIpc) is 2.53. The van der Waals surface area contributed by atoms with E-state index in [4.69, 9.17) is 21.6 Å². The van der Waals surface area contributed by atoms with Crippen molar-refractivity contribution in [2.75, 3.05) is 11.9 Å². The van der Waals surface area contributed by atoms with Crippen molar-refractivity contribution < 1.29 is 22.7 Å². The first-order valence-corrected chi connectivity index (χ1v) is 6.97. The summed E-state index contributed by atoms with van der Waals surface area (Å²) in [6, 6.07) is 10.3. The average molecular weight is 355 g/mol. The van der Waals surface area contributed by atoms with Gasteiger partial charge in [-0.1, -0.05) is 11.6 Å². The fourth-order valence-electron chi connectivity index (χ4n) is 1.77. The lowest BCUT2D eigenvalue weighted by Crippen LogP contribution is -2.20. The zero-order valence-corrected chi connectivity index (χ0v) is 12.8. The molecule has 0 fully saturated rings. The number of nitriles is 1. The summed E-state index contributed by atoms with van der Waals surface area (Å²) in [6.07, 6.45) is -4.43. The van der Waals surface area contributed by atoms with Crippen LogP contribution in [0.4, 0.5) is 18.9 Å². The molecule has 0 bridgehead atoms. The molecule has 0 heterocycles. The Kier molecular flexibility index (Phi) is 5.31. The van der Waals surface area contributed by atoms with Crippen molar-refractivity contribution in [3.63, 3.8) is 0 Å². The van der Waals surface area contributed by atoms with E-state index in [9.17, 15) is 18.0 Å². The van der Waals surface area contributed by atoms with Crippen LogP contribution >= 0.6 is 11.6 Å². The van der Waals surface area contributed by atoms with Crippen molar-refractivity contribution in [3.05, 3.63) is 58.6 Å². The second-order valence-electron chi connectivity index (χ2n) is 4.67. The maximum Gasteiger partial charge on any atom is 0.416 e. The van der Waals surface area contributed by atoms with Crippen molar-refractivity contribution in [2.45, 2.75) is 6.18 Å². The van der Waals surface area contributed by atoms with Crippen molar-refractivity contribution in [1.29, 1.82) is 5.26 Å². The molecule has 8 heteroatoms. The highest BCUT2D eigenvalue weighted by atomic mass is 35.5. The highest BCUT2D eigenvalue weighted by Crippen LogP contribution is 2.30. The molecule has 4 nitrogen and oxygen atoms in total. The molecule has 0 aliphatic carbocycles. The Hall–Kier alpha value is -2.72. The second kappa shape index (κ2) is 7.23. The largest absolute Gasteiger partial charge is 0.482 e. The smallest absolute Gasteiger partial charge is 0.416 e. The first kappa shape index (κ1) is 17.6. The zero-order valence-electron chi connectivity index (χ0n) is 12.0. The number of halogens is 4. The van der Waals surface area contributed by atoms with Gasteiger partial charge in [0.25, 0.3) is 5.91 Å². The summed E-state index contributed by atoms with van der Waals surface area (Å²) < 4.78 is 42.5. The number of nitrogens with zero attached hydrogens (tertiary/aromatic N) is 1. The van der Waals surface area contributed by atoms with Gasteiger partial charge in [-0.15, -0.1) is 0 Å². The van der Waals surface area contributed by atoms with Crippen LogP contribution in [0.2, 0.25) is 5.02 Å². The van der Waals surface area contributed by atoms with Gasteiger partial charge < -0.3 is 10.1 Å². The molecule has 1 N–H and O–H groups in total. The molecule has 0 saturated heterocycles. The van der Waals surface area contributed by atoms with E-state index in [0.717, 1.165) is 24.3 Å². The van der Waals surface area contributed by atoms with Crippen LogP contribution in [0.1, 0.15) is 11.1 Å². The first-order valence-electron chi connectivity index (χ1n) is 6.59. The van der Waals surface area contributed by atoms with Crippen LogP contribution in [0.5, 0.6) is 5.75 Å². The molecule has 2 aromatic carbocycles. The maximum absolute atomic E-state index is 12.4. The highest BCUT2D eigenvalue weighted by Gasteiger charge is 2.29. The first-order chi connectivity index (χ1) is 11.3. The summed E-state index contributed by atoms with van der Waals surface area (Å²) in [5, 5.41) is 11.3. The predicted octanol–water partition coefficient (Wildman–Crippen LogP) is 4.25. The van der Waals surface area contributed by atoms with Crippen molar-refractivity contribution in [3.8, 4) is 11.8 Å². The van der Waals surface area contributed by atoms with E-state index >= 15 is 0 Å². The minimum absolute atomic E-state index is 0.177. The Morgan fingerprint density at radius 1 is 1.21 bits per heavy atom. The minimum Gasteiger partial charge on any atom is -0.482 e. The van der Waals surface area contributed by atoms with Gasteiger partial charge in [-0.25, -0.2) is 0 Å². The molecule has 1 amide bonds. The molecular weight excluding hydrogens is 345 g/mol. The lowest BCUT2D eigenvalue weighted by Gasteiger charge is -2.10. The van der Waals surface area contributed by atoms with E-state index in [0.29, 0.717) is 5.56 Å². The minimum atomic E-state index is -4.43. The normalized spacial score (nSPS) is 10.8. The van der Waals surface area contributed by atoms with E-state index < -0.39 is 17.6 Å². The van der Waals surface area contributed by atoms with Crippen molar-refractivity contribution >= 4 is 23.2 Å². The lowest BCUT2D eigenvalue weighted by molar-refractivity contribution is -0.137. The van der Waals surface area contributed by atoms with Gasteiger partial charge in [-0.05, 0) is 42.5 Å². The molecule has 124 valence electrons. The SMILES string of the molecule is N#Cc1ccc(OCC(=O)Nc2ccc(C(F)(F)F)cc2)c(Cl)c1. The quantitative estimate of drug-likeness (QED) is 0.892. The molecular formula is C16H10ClF3N2O2. The number of carbonyl (C=O) groups excluding carboxylic acids is 1. The number of hydrogen-bond acceptors (Lipinski definition) is 3. The summed E-state index contributed by atoms with van der Waals surface area (Å²) in [5.41, 5.74) is -0.245. The van der Waals surface area contributed by atoms with Gasteiger partial charge in [0, 0.05) is 5.69 Å². The predicted molar refractivity (Wildman–Crippen MR) is 81.7 cm³/mol. The van der Waals surface area contributed by atoms with Crippen LogP contribution in [0.3, 0.4) is 0 Å². The summed E-state index contributed by atoms with van der Waals surface area (Å²) in [5.74, 6) is -0.339. The number of benzene rings is 2. The number of anilines is 1. The van der Waals surface area contributed by atoms with Crippen molar-refractivity contribution in [2.24, 2.45) is 0 Å². The molecule has 0 atom stereocenters. The number of ether oxygens (including phenoxy) is 1. The Labute approximate surface area is 140 Å². The molecule has 0 aliphatic heterocycles. The topological polar surface area (TPSA) is 62.1 Å². The fourth-order valence-corrected chi connectivity index (χ4v) is 2.01. The van der Waals surface area contributed by atoms with E-state index in [1.54, 1.807) is 0 Å². The zero-order chi connectivity index (χ0) is 17.7.